The molecule has 1 fully saturated rings. The first kappa shape index (κ1) is 17.8. The third-order valence-electron chi connectivity index (χ3n) is 4.76. The predicted octanol–water partition coefficient (Wildman–Crippen LogP) is 4.00. The van der Waals surface area contributed by atoms with E-state index in [4.69, 9.17) is 11.6 Å². The first-order valence-electron chi connectivity index (χ1n) is 8.30. The summed E-state index contributed by atoms with van der Waals surface area (Å²) in [5.41, 5.74) is 0.689. The Morgan fingerprint density at radius 3 is 2.43 bits per heavy atom. The summed E-state index contributed by atoms with van der Waals surface area (Å²) in [4.78, 5) is 23.9. The average Bonchev–Trinajstić information content (AvgIpc) is 2.52. The Hall–Kier alpha value is -1.55. The molecule has 0 aliphatic heterocycles. The summed E-state index contributed by atoms with van der Waals surface area (Å²) >= 11 is 5.80. The summed E-state index contributed by atoms with van der Waals surface area (Å²) in [5, 5.41) is 6.48. The van der Waals surface area contributed by atoms with Gasteiger partial charge in [-0.2, -0.15) is 0 Å². The molecule has 2 amide bonds. The van der Waals surface area contributed by atoms with Gasteiger partial charge >= 0.3 is 0 Å². The fraction of sp³-hybridized carbons (Fsp3) is 0.556. The van der Waals surface area contributed by atoms with Gasteiger partial charge in [-0.05, 0) is 42.5 Å². The molecule has 0 aromatic heterocycles. The summed E-state index contributed by atoms with van der Waals surface area (Å²) in [6.45, 7) is 4.44. The van der Waals surface area contributed by atoms with Gasteiger partial charge in [-0.1, -0.05) is 38.3 Å². The zero-order valence-electron chi connectivity index (χ0n) is 13.8. The minimum atomic E-state index is -0.160. The lowest BCUT2D eigenvalue weighted by molar-refractivity contribution is -0.125. The van der Waals surface area contributed by atoms with E-state index in [1.165, 1.54) is 6.42 Å². The topological polar surface area (TPSA) is 58.2 Å². The standard InChI is InChI=1S/C18H25ClN2O2/c1-12-4-3-5-16(13(12)2)21-18(23)11-10-17(22)20-15-8-6-14(19)7-9-15/h6-9,12-13,16H,3-5,10-11H2,1-2H3,(H,20,22)(H,21,23)/t12-,13+,16+/m1/s1. The van der Waals surface area contributed by atoms with Crippen molar-refractivity contribution in [1.82, 2.24) is 5.32 Å². The maximum Gasteiger partial charge on any atom is 0.224 e. The molecule has 1 aromatic carbocycles. The highest BCUT2D eigenvalue weighted by Gasteiger charge is 2.28. The van der Waals surface area contributed by atoms with Gasteiger partial charge in [0.05, 0.1) is 0 Å². The van der Waals surface area contributed by atoms with Crippen LogP contribution in [0.3, 0.4) is 0 Å². The van der Waals surface area contributed by atoms with Crippen molar-refractivity contribution in [2.75, 3.05) is 5.32 Å². The van der Waals surface area contributed by atoms with Crippen molar-refractivity contribution in [2.24, 2.45) is 11.8 Å². The molecule has 0 radical (unpaired) electrons. The van der Waals surface area contributed by atoms with E-state index in [0.29, 0.717) is 22.5 Å². The number of anilines is 1. The van der Waals surface area contributed by atoms with Crippen LogP contribution in [0.1, 0.15) is 46.0 Å². The van der Waals surface area contributed by atoms with Crippen molar-refractivity contribution in [3.05, 3.63) is 29.3 Å². The van der Waals surface area contributed by atoms with Crippen LogP contribution in [-0.4, -0.2) is 17.9 Å². The molecule has 0 saturated heterocycles. The maximum atomic E-state index is 12.1. The first-order chi connectivity index (χ1) is 11.0. The van der Waals surface area contributed by atoms with E-state index in [9.17, 15) is 9.59 Å². The molecule has 23 heavy (non-hydrogen) atoms. The predicted molar refractivity (Wildman–Crippen MR) is 93.4 cm³/mol. The number of hydrogen-bond acceptors (Lipinski definition) is 2. The fourth-order valence-corrected chi connectivity index (χ4v) is 3.17. The van der Waals surface area contributed by atoms with Gasteiger partial charge in [0.25, 0.3) is 0 Å². The molecule has 0 bridgehead atoms. The summed E-state index contributed by atoms with van der Waals surface area (Å²) < 4.78 is 0. The van der Waals surface area contributed by atoms with Crippen molar-refractivity contribution in [3.8, 4) is 0 Å². The second kappa shape index (κ2) is 8.34. The Labute approximate surface area is 143 Å². The number of rotatable bonds is 5. The van der Waals surface area contributed by atoms with E-state index in [2.05, 4.69) is 24.5 Å². The highest BCUT2D eigenvalue weighted by molar-refractivity contribution is 6.30. The molecule has 1 aliphatic rings. The maximum absolute atomic E-state index is 12.1. The van der Waals surface area contributed by atoms with E-state index >= 15 is 0 Å². The largest absolute Gasteiger partial charge is 0.353 e. The van der Waals surface area contributed by atoms with Gasteiger partial charge in [-0.25, -0.2) is 0 Å². The number of benzene rings is 1. The van der Waals surface area contributed by atoms with Crippen molar-refractivity contribution >= 4 is 29.1 Å². The molecule has 1 saturated carbocycles. The Morgan fingerprint density at radius 2 is 1.74 bits per heavy atom. The van der Waals surface area contributed by atoms with Gasteiger partial charge in [0.2, 0.25) is 11.8 Å². The molecule has 0 unspecified atom stereocenters. The molecular weight excluding hydrogens is 312 g/mol. The number of halogens is 1. The Balaban J connectivity index is 1.73. The second-order valence-corrected chi connectivity index (χ2v) is 6.93. The summed E-state index contributed by atoms with van der Waals surface area (Å²) in [6, 6.07) is 7.16. The van der Waals surface area contributed by atoms with Gasteiger partial charge in [-0.3, -0.25) is 9.59 Å². The zero-order valence-corrected chi connectivity index (χ0v) is 14.5. The van der Waals surface area contributed by atoms with Crippen LogP contribution in [-0.2, 0) is 9.59 Å². The fourth-order valence-electron chi connectivity index (χ4n) is 3.05. The van der Waals surface area contributed by atoms with Crippen LogP contribution in [0.25, 0.3) is 0 Å². The molecule has 1 aliphatic carbocycles. The molecule has 2 rings (SSSR count). The monoisotopic (exact) mass is 336 g/mol. The Kier molecular flexibility index (Phi) is 6.46. The van der Waals surface area contributed by atoms with Crippen LogP contribution in [0.5, 0.6) is 0 Å². The summed E-state index contributed by atoms with van der Waals surface area (Å²) in [7, 11) is 0. The van der Waals surface area contributed by atoms with E-state index in [1.807, 2.05) is 0 Å². The van der Waals surface area contributed by atoms with Crippen molar-refractivity contribution in [2.45, 2.75) is 52.0 Å². The SMILES string of the molecule is C[C@H]1[C@H](C)CCC[C@@H]1NC(=O)CCC(=O)Nc1ccc(Cl)cc1. The lowest BCUT2D eigenvalue weighted by Crippen LogP contribution is -2.43. The molecule has 0 spiro atoms. The quantitative estimate of drug-likeness (QED) is 0.853. The first-order valence-corrected chi connectivity index (χ1v) is 8.68. The normalized spacial score (nSPS) is 24.0. The van der Waals surface area contributed by atoms with Crippen LogP contribution < -0.4 is 10.6 Å². The number of amides is 2. The minimum absolute atomic E-state index is 0.0396. The van der Waals surface area contributed by atoms with Gasteiger partial charge in [0.1, 0.15) is 0 Å². The zero-order chi connectivity index (χ0) is 16.8. The minimum Gasteiger partial charge on any atom is -0.353 e. The third kappa shape index (κ3) is 5.54. The van der Waals surface area contributed by atoms with E-state index in [1.54, 1.807) is 24.3 Å². The average molecular weight is 337 g/mol. The highest BCUT2D eigenvalue weighted by atomic mass is 35.5. The van der Waals surface area contributed by atoms with Crippen LogP contribution >= 0.6 is 11.6 Å². The van der Waals surface area contributed by atoms with Crippen molar-refractivity contribution in [3.63, 3.8) is 0 Å². The molecule has 1 aromatic rings. The summed E-state index contributed by atoms with van der Waals surface area (Å²) in [6.07, 6.45) is 3.83. The van der Waals surface area contributed by atoms with Gasteiger partial charge < -0.3 is 10.6 Å². The molecular formula is C18H25ClN2O2. The smallest absolute Gasteiger partial charge is 0.224 e. The van der Waals surface area contributed by atoms with Crippen LogP contribution in [0.4, 0.5) is 5.69 Å². The van der Waals surface area contributed by atoms with E-state index in [0.717, 1.165) is 12.8 Å². The second-order valence-electron chi connectivity index (χ2n) is 6.50. The molecule has 0 heterocycles. The number of carbonyl (C=O) groups is 2. The molecule has 4 nitrogen and oxygen atoms in total. The lowest BCUT2D eigenvalue weighted by atomic mass is 9.78. The van der Waals surface area contributed by atoms with E-state index in [-0.39, 0.29) is 30.7 Å². The molecule has 2 N–H and O–H groups in total. The van der Waals surface area contributed by atoms with Crippen LogP contribution in [0.2, 0.25) is 5.02 Å². The number of carbonyl (C=O) groups excluding carboxylic acids is 2. The number of nitrogens with one attached hydrogen (secondary N) is 2. The summed E-state index contributed by atoms with van der Waals surface area (Å²) in [5.74, 6) is 0.938. The van der Waals surface area contributed by atoms with Gasteiger partial charge in [0.15, 0.2) is 0 Å². The molecule has 126 valence electrons. The molecule has 3 atom stereocenters. The van der Waals surface area contributed by atoms with Crippen molar-refractivity contribution in [1.29, 1.82) is 0 Å². The molecule has 5 heteroatoms. The van der Waals surface area contributed by atoms with Crippen molar-refractivity contribution < 1.29 is 9.59 Å². The lowest BCUT2D eigenvalue weighted by Gasteiger charge is -2.34. The Morgan fingerprint density at radius 1 is 1.09 bits per heavy atom. The van der Waals surface area contributed by atoms with Crippen LogP contribution in [0.15, 0.2) is 24.3 Å². The van der Waals surface area contributed by atoms with Gasteiger partial charge in [-0.15, -0.1) is 0 Å². The van der Waals surface area contributed by atoms with Gasteiger partial charge in [0, 0.05) is 29.6 Å². The highest BCUT2D eigenvalue weighted by Crippen LogP contribution is 2.29. The Bertz CT molecular complexity index is 544. The number of hydrogen-bond donors (Lipinski definition) is 2. The van der Waals surface area contributed by atoms with E-state index < -0.39 is 0 Å². The van der Waals surface area contributed by atoms with Crippen LogP contribution in [0, 0.1) is 11.8 Å². The third-order valence-corrected chi connectivity index (χ3v) is 5.01.